The van der Waals surface area contributed by atoms with Gasteiger partial charge in [-0.25, -0.2) is 4.79 Å². The Hall–Kier alpha value is -2.69. The fourth-order valence-corrected chi connectivity index (χ4v) is 2.04. The van der Waals surface area contributed by atoms with Gasteiger partial charge in [-0.05, 0) is 31.0 Å². The van der Waals surface area contributed by atoms with Gasteiger partial charge in [0.05, 0.1) is 23.9 Å². The molecule has 0 atom stereocenters. The van der Waals surface area contributed by atoms with Gasteiger partial charge in [0.25, 0.3) is 0 Å². The average Bonchev–Trinajstić information content (AvgIpc) is 2.43. The molecule has 1 amide bonds. The number of pyridine rings is 1. The van der Waals surface area contributed by atoms with Crippen LogP contribution in [0.1, 0.15) is 27.0 Å². The summed E-state index contributed by atoms with van der Waals surface area (Å²) >= 11 is 0. The average molecular weight is 284 g/mol. The summed E-state index contributed by atoms with van der Waals surface area (Å²) in [6.07, 6.45) is 2.91. The molecule has 0 spiro atoms. The zero-order chi connectivity index (χ0) is 15.4. The second kappa shape index (κ2) is 6.17. The van der Waals surface area contributed by atoms with Crippen LogP contribution in [0.25, 0.3) is 0 Å². The summed E-state index contributed by atoms with van der Waals surface area (Å²) in [5.41, 5.74) is 3.27. The summed E-state index contributed by atoms with van der Waals surface area (Å²) in [6.45, 7) is 3.90. The maximum Gasteiger partial charge on any atom is 0.337 e. The SMILES string of the molecule is Cc1ccc(C)c(CC(=O)Nc2cnccc2C(=O)O)c1. The van der Waals surface area contributed by atoms with E-state index in [0.717, 1.165) is 16.7 Å². The quantitative estimate of drug-likeness (QED) is 0.904. The van der Waals surface area contributed by atoms with Gasteiger partial charge in [-0.2, -0.15) is 0 Å². The van der Waals surface area contributed by atoms with E-state index in [1.54, 1.807) is 0 Å². The van der Waals surface area contributed by atoms with Gasteiger partial charge >= 0.3 is 5.97 Å². The first-order valence-electron chi connectivity index (χ1n) is 6.50. The number of carboxylic acid groups (broad SMARTS) is 1. The zero-order valence-electron chi connectivity index (χ0n) is 11.9. The van der Waals surface area contributed by atoms with Crippen molar-refractivity contribution in [2.24, 2.45) is 0 Å². The van der Waals surface area contributed by atoms with Gasteiger partial charge in [0.2, 0.25) is 5.91 Å². The van der Waals surface area contributed by atoms with Gasteiger partial charge < -0.3 is 10.4 Å². The van der Waals surface area contributed by atoms with Crippen molar-refractivity contribution >= 4 is 17.6 Å². The van der Waals surface area contributed by atoms with E-state index in [9.17, 15) is 9.59 Å². The number of carboxylic acids is 1. The van der Waals surface area contributed by atoms with E-state index >= 15 is 0 Å². The fourth-order valence-electron chi connectivity index (χ4n) is 2.04. The molecule has 1 aromatic heterocycles. The molecule has 1 aromatic carbocycles. The van der Waals surface area contributed by atoms with Crippen LogP contribution in [-0.4, -0.2) is 22.0 Å². The number of amides is 1. The first-order chi connectivity index (χ1) is 9.97. The van der Waals surface area contributed by atoms with Crippen LogP contribution < -0.4 is 5.32 Å². The van der Waals surface area contributed by atoms with Crippen LogP contribution in [0.4, 0.5) is 5.69 Å². The Labute approximate surface area is 122 Å². The van der Waals surface area contributed by atoms with Gasteiger partial charge in [0, 0.05) is 6.20 Å². The first kappa shape index (κ1) is 14.7. The number of rotatable bonds is 4. The predicted molar refractivity (Wildman–Crippen MR) is 79.4 cm³/mol. The highest BCUT2D eigenvalue weighted by atomic mass is 16.4. The number of carbonyl (C=O) groups is 2. The molecule has 2 N–H and O–H groups in total. The lowest BCUT2D eigenvalue weighted by atomic mass is 10.0. The van der Waals surface area contributed by atoms with Crippen molar-refractivity contribution in [3.63, 3.8) is 0 Å². The molecule has 0 bridgehead atoms. The molecule has 5 nitrogen and oxygen atoms in total. The summed E-state index contributed by atoms with van der Waals surface area (Å²) in [7, 11) is 0. The molecule has 0 saturated carbocycles. The monoisotopic (exact) mass is 284 g/mol. The summed E-state index contributed by atoms with van der Waals surface area (Å²) in [5.74, 6) is -1.36. The summed E-state index contributed by atoms with van der Waals surface area (Å²) < 4.78 is 0. The molecule has 108 valence electrons. The zero-order valence-corrected chi connectivity index (χ0v) is 11.9. The van der Waals surface area contributed by atoms with Gasteiger partial charge in [0.15, 0.2) is 0 Å². The van der Waals surface area contributed by atoms with Crippen LogP contribution in [-0.2, 0) is 11.2 Å². The molecule has 2 aromatic rings. The number of aryl methyl sites for hydroxylation is 2. The Bertz CT molecular complexity index is 696. The number of carbonyl (C=O) groups excluding carboxylic acids is 1. The lowest BCUT2D eigenvalue weighted by Gasteiger charge is -2.10. The molecular formula is C16H16N2O3. The molecule has 0 radical (unpaired) electrons. The Morgan fingerprint density at radius 1 is 1.24 bits per heavy atom. The maximum atomic E-state index is 12.1. The molecule has 21 heavy (non-hydrogen) atoms. The van der Waals surface area contributed by atoms with E-state index in [0.29, 0.717) is 0 Å². The van der Waals surface area contributed by atoms with Crippen LogP contribution in [0, 0.1) is 13.8 Å². The smallest absolute Gasteiger partial charge is 0.337 e. The molecule has 0 aliphatic carbocycles. The number of aromatic nitrogens is 1. The Morgan fingerprint density at radius 3 is 2.71 bits per heavy atom. The third kappa shape index (κ3) is 3.66. The lowest BCUT2D eigenvalue weighted by molar-refractivity contribution is -0.115. The van der Waals surface area contributed by atoms with Crippen molar-refractivity contribution in [3.8, 4) is 0 Å². The van der Waals surface area contributed by atoms with Gasteiger partial charge in [-0.15, -0.1) is 0 Å². The third-order valence-corrected chi connectivity index (χ3v) is 3.18. The highest BCUT2D eigenvalue weighted by molar-refractivity contribution is 6.00. The van der Waals surface area contributed by atoms with Crippen molar-refractivity contribution in [2.45, 2.75) is 20.3 Å². The summed E-state index contributed by atoms with van der Waals surface area (Å²) in [5, 5.41) is 11.7. The number of anilines is 1. The third-order valence-electron chi connectivity index (χ3n) is 3.18. The van der Waals surface area contributed by atoms with E-state index in [1.165, 1.54) is 18.5 Å². The van der Waals surface area contributed by atoms with Gasteiger partial charge in [-0.1, -0.05) is 23.8 Å². The topological polar surface area (TPSA) is 79.3 Å². The summed E-state index contributed by atoms with van der Waals surface area (Å²) in [4.78, 5) is 27.0. The highest BCUT2D eigenvalue weighted by Gasteiger charge is 2.13. The van der Waals surface area contributed by atoms with E-state index in [-0.39, 0.29) is 23.6 Å². The molecule has 0 unspecified atom stereocenters. The van der Waals surface area contributed by atoms with E-state index in [1.807, 2.05) is 32.0 Å². The van der Waals surface area contributed by atoms with Crippen LogP contribution in [0.2, 0.25) is 0 Å². The van der Waals surface area contributed by atoms with Crippen LogP contribution in [0.15, 0.2) is 36.7 Å². The second-order valence-corrected chi connectivity index (χ2v) is 4.88. The molecule has 1 heterocycles. The Morgan fingerprint density at radius 2 is 2.00 bits per heavy atom. The summed E-state index contributed by atoms with van der Waals surface area (Å²) in [6, 6.07) is 7.26. The van der Waals surface area contributed by atoms with Crippen molar-refractivity contribution in [1.82, 2.24) is 4.98 Å². The van der Waals surface area contributed by atoms with Crippen LogP contribution in [0.3, 0.4) is 0 Å². The molecule has 5 heteroatoms. The number of aromatic carboxylic acids is 1. The maximum absolute atomic E-state index is 12.1. The van der Waals surface area contributed by atoms with Gasteiger partial charge in [-0.3, -0.25) is 9.78 Å². The molecular weight excluding hydrogens is 268 g/mol. The van der Waals surface area contributed by atoms with Crippen molar-refractivity contribution < 1.29 is 14.7 Å². The fraction of sp³-hybridized carbons (Fsp3) is 0.188. The van der Waals surface area contributed by atoms with E-state index < -0.39 is 5.97 Å². The molecule has 0 fully saturated rings. The highest BCUT2D eigenvalue weighted by Crippen LogP contribution is 2.15. The minimum absolute atomic E-state index is 0.0271. The van der Waals surface area contributed by atoms with Crippen LogP contribution in [0.5, 0.6) is 0 Å². The number of hydrogen-bond donors (Lipinski definition) is 2. The largest absolute Gasteiger partial charge is 0.478 e. The van der Waals surface area contributed by atoms with Crippen molar-refractivity contribution in [2.75, 3.05) is 5.32 Å². The van der Waals surface area contributed by atoms with Crippen LogP contribution >= 0.6 is 0 Å². The minimum atomic E-state index is -1.10. The second-order valence-electron chi connectivity index (χ2n) is 4.88. The number of nitrogens with zero attached hydrogens (tertiary/aromatic N) is 1. The van der Waals surface area contributed by atoms with E-state index in [2.05, 4.69) is 10.3 Å². The van der Waals surface area contributed by atoms with E-state index in [4.69, 9.17) is 5.11 Å². The van der Waals surface area contributed by atoms with Gasteiger partial charge in [0.1, 0.15) is 0 Å². The standard InChI is InChI=1S/C16H16N2O3/c1-10-3-4-11(2)12(7-10)8-15(19)18-14-9-17-6-5-13(14)16(20)21/h3-7,9H,8H2,1-2H3,(H,18,19)(H,20,21). The number of hydrogen-bond acceptors (Lipinski definition) is 3. The molecule has 2 rings (SSSR count). The lowest BCUT2D eigenvalue weighted by Crippen LogP contribution is -2.17. The molecule has 0 saturated heterocycles. The molecule has 0 aliphatic heterocycles. The van der Waals surface area contributed by atoms with Crippen molar-refractivity contribution in [1.29, 1.82) is 0 Å². The number of benzene rings is 1. The minimum Gasteiger partial charge on any atom is -0.478 e. The Balaban J connectivity index is 2.16. The molecule has 0 aliphatic rings. The normalized spacial score (nSPS) is 10.2. The Kier molecular flexibility index (Phi) is 4.33. The predicted octanol–water partition coefficient (Wildman–Crippen LogP) is 2.58. The first-order valence-corrected chi connectivity index (χ1v) is 6.50. The van der Waals surface area contributed by atoms with Crippen molar-refractivity contribution in [3.05, 3.63) is 58.9 Å². The number of nitrogens with one attached hydrogen (secondary N) is 1.